The Morgan fingerprint density at radius 3 is 2.78 bits per heavy atom. The highest BCUT2D eigenvalue weighted by Gasteiger charge is 2.41. The van der Waals surface area contributed by atoms with Crippen LogP contribution >= 0.6 is 15.9 Å². The maximum atomic E-state index is 6.05. The summed E-state index contributed by atoms with van der Waals surface area (Å²) in [5.74, 6) is 2.80. The van der Waals surface area contributed by atoms with E-state index in [0.717, 1.165) is 33.6 Å². The first-order valence-corrected chi connectivity index (χ1v) is 7.74. The lowest BCUT2D eigenvalue weighted by Gasteiger charge is -2.29. The van der Waals surface area contributed by atoms with E-state index in [2.05, 4.69) is 34.2 Å². The predicted octanol–water partition coefficient (Wildman–Crippen LogP) is 4.27. The molecule has 18 heavy (non-hydrogen) atoms. The molecule has 3 N–H and O–H groups in total. The summed E-state index contributed by atoms with van der Waals surface area (Å²) in [6.45, 7) is 2.31. The van der Waals surface area contributed by atoms with E-state index < -0.39 is 0 Å². The molecule has 2 aliphatic carbocycles. The molecule has 3 rings (SSSR count). The zero-order valence-corrected chi connectivity index (χ0v) is 12.4. The molecule has 2 nitrogen and oxygen atoms in total. The summed E-state index contributed by atoms with van der Waals surface area (Å²) in [5.41, 5.74) is 7.96. The van der Waals surface area contributed by atoms with Crippen LogP contribution in [0, 0.1) is 17.8 Å². The number of halogens is 1. The second kappa shape index (κ2) is 4.76. The van der Waals surface area contributed by atoms with E-state index in [9.17, 15) is 0 Å². The number of anilines is 2. The smallest absolute Gasteiger partial charge is 0.0576 e. The zero-order valence-electron chi connectivity index (χ0n) is 10.8. The van der Waals surface area contributed by atoms with Crippen molar-refractivity contribution in [3.63, 3.8) is 0 Å². The van der Waals surface area contributed by atoms with E-state index in [0.29, 0.717) is 6.04 Å². The van der Waals surface area contributed by atoms with Gasteiger partial charge >= 0.3 is 0 Å². The van der Waals surface area contributed by atoms with Crippen LogP contribution < -0.4 is 11.1 Å². The Balaban J connectivity index is 1.69. The number of hydrogen-bond acceptors (Lipinski definition) is 2. The van der Waals surface area contributed by atoms with Crippen LogP contribution in [0.25, 0.3) is 0 Å². The van der Waals surface area contributed by atoms with Crippen molar-refractivity contribution in [1.82, 2.24) is 0 Å². The van der Waals surface area contributed by atoms with Crippen molar-refractivity contribution in [3.8, 4) is 0 Å². The average molecular weight is 309 g/mol. The summed E-state index contributed by atoms with van der Waals surface area (Å²) >= 11 is 3.45. The third-order valence-electron chi connectivity index (χ3n) is 4.83. The van der Waals surface area contributed by atoms with Gasteiger partial charge in [-0.05, 0) is 62.1 Å². The number of hydrogen-bond donors (Lipinski definition) is 2. The van der Waals surface area contributed by atoms with Crippen LogP contribution in [-0.2, 0) is 0 Å². The largest absolute Gasteiger partial charge is 0.397 e. The standard InChI is InChI=1S/C15H21BrN2/c1-9(13-7-10-2-3-11(13)6-10)18-15-5-4-12(16)8-14(15)17/h4-5,8-11,13,18H,2-3,6-7,17H2,1H3. The SMILES string of the molecule is CC(Nc1ccc(Br)cc1N)C1CC2CCC1C2. The highest BCUT2D eigenvalue weighted by molar-refractivity contribution is 9.10. The minimum absolute atomic E-state index is 0.531. The average Bonchev–Trinajstić information content (AvgIpc) is 2.94. The van der Waals surface area contributed by atoms with Crippen LogP contribution in [-0.4, -0.2) is 6.04 Å². The number of benzene rings is 1. The first-order chi connectivity index (χ1) is 8.63. The van der Waals surface area contributed by atoms with Crippen LogP contribution in [0.15, 0.2) is 22.7 Å². The molecule has 4 unspecified atom stereocenters. The molecule has 0 aromatic heterocycles. The van der Waals surface area contributed by atoms with Crippen LogP contribution in [0.4, 0.5) is 11.4 Å². The lowest BCUT2D eigenvalue weighted by molar-refractivity contribution is 0.304. The maximum Gasteiger partial charge on any atom is 0.0576 e. The quantitative estimate of drug-likeness (QED) is 0.818. The fraction of sp³-hybridized carbons (Fsp3) is 0.600. The molecule has 0 aliphatic heterocycles. The number of rotatable bonds is 3. The molecular formula is C15H21BrN2. The Hall–Kier alpha value is -0.700. The Kier molecular flexibility index (Phi) is 3.27. The molecule has 0 saturated heterocycles. The third kappa shape index (κ3) is 2.25. The van der Waals surface area contributed by atoms with Crippen molar-refractivity contribution in [2.75, 3.05) is 11.1 Å². The minimum Gasteiger partial charge on any atom is -0.397 e. The maximum absolute atomic E-state index is 6.05. The van der Waals surface area contributed by atoms with Crippen molar-refractivity contribution in [2.24, 2.45) is 17.8 Å². The topological polar surface area (TPSA) is 38.0 Å². The minimum atomic E-state index is 0.531. The molecule has 0 spiro atoms. The molecule has 1 aromatic rings. The van der Waals surface area contributed by atoms with Crippen LogP contribution in [0.5, 0.6) is 0 Å². The summed E-state index contributed by atoms with van der Waals surface area (Å²) in [5, 5.41) is 3.62. The van der Waals surface area contributed by atoms with Gasteiger partial charge in [0.25, 0.3) is 0 Å². The van der Waals surface area contributed by atoms with E-state index in [1.54, 1.807) is 0 Å². The van der Waals surface area contributed by atoms with E-state index in [1.807, 2.05) is 12.1 Å². The fourth-order valence-corrected chi connectivity index (χ4v) is 4.30. The molecule has 98 valence electrons. The Labute approximate surface area is 117 Å². The highest BCUT2D eigenvalue weighted by Crippen LogP contribution is 2.50. The van der Waals surface area contributed by atoms with E-state index in [4.69, 9.17) is 5.73 Å². The molecule has 3 heteroatoms. The number of nitrogens with two attached hydrogens (primary N) is 1. The lowest BCUT2D eigenvalue weighted by atomic mass is 9.84. The Bertz CT molecular complexity index is 446. The second-order valence-corrected chi connectivity index (χ2v) is 6.92. The van der Waals surface area contributed by atoms with Crippen molar-refractivity contribution < 1.29 is 0 Å². The summed E-state index contributed by atoms with van der Waals surface area (Å²) in [4.78, 5) is 0. The number of nitrogen functional groups attached to an aromatic ring is 1. The van der Waals surface area contributed by atoms with E-state index in [1.165, 1.54) is 25.7 Å². The van der Waals surface area contributed by atoms with Gasteiger partial charge in [0.05, 0.1) is 11.4 Å². The predicted molar refractivity (Wildman–Crippen MR) is 80.6 cm³/mol. The van der Waals surface area contributed by atoms with Gasteiger partial charge in [0.1, 0.15) is 0 Å². The zero-order chi connectivity index (χ0) is 12.7. The summed E-state index contributed by atoms with van der Waals surface area (Å²) in [6.07, 6.45) is 5.78. The molecule has 2 bridgehead atoms. The van der Waals surface area contributed by atoms with E-state index >= 15 is 0 Å². The summed E-state index contributed by atoms with van der Waals surface area (Å²) < 4.78 is 1.04. The molecule has 0 heterocycles. The van der Waals surface area contributed by atoms with Crippen LogP contribution in [0.3, 0.4) is 0 Å². The van der Waals surface area contributed by atoms with Gasteiger partial charge in [-0.25, -0.2) is 0 Å². The highest BCUT2D eigenvalue weighted by atomic mass is 79.9. The van der Waals surface area contributed by atoms with Gasteiger partial charge in [-0.15, -0.1) is 0 Å². The molecular weight excluding hydrogens is 288 g/mol. The second-order valence-electron chi connectivity index (χ2n) is 6.00. The first-order valence-electron chi connectivity index (χ1n) is 6.95. The molecule has 2 aliphatic rings. The van der Waals surface area contributed by atoms with Crippen molar-refractivity contribution in [1.29, 1.82) is 0 Å². The van der Waals surface area contributed by atoms with Crippen molar-refractivity contribution in [2.45, 2.75) is 38.6 Å². The van der Waals surface area contributed by atoms with Gasteiger partial charge in [-0.3, -0.25) is 0 Å². The van der Waals surface area contributed by atoms with Gasteiger partial charge in [0, 0.05) is 10.5 Å². The molecule has 1 aromatic carbocycles. The summed E-state index contributed by atoms with van der Waals surface area (Å²) in [6, 6.07) is 6.62. The number of nitrogens with one attached hydrogen (secondary N) is 1. The molecule has 2 saturated carbocycles. The normalized spacial score (nSPS) is 31.6. The molecule has 0 amide bonds. The van der Waals surface area contributed by atoms with Gasteiger partial charge < -0.3 is 11.1 Å². The van der Waals surface area contributed by atoms with Gasteiger partial charge in [0.15, 0.2) is 0 Å². The van der Waals surface area contributed by atoms with E-state index in [-0.39, 0.29) is 0 Å². The van der Waals surface area contributed by atoms with Crippen LogP contribution in [0.1, 0.15) is 32.6 Å². The van der Waals surface area contributed by atoms with Crippen molar-refractivity contribution in [3.05, 3.63) is 22.7 Å². The monoisotopic (exact) mass is 308 g/mol. The van der Waals surface area contributed by atoms with Gasteiger partial charge in [0.2, 0.25) is 0 Å². The number of fused-ring (bicyclic) bond motifs is 2. The third-order valence-corrected chi connectivity index (χ3v) is 5.33. The van der Waals surface area contributed by atoms with Gasteiger partial charge in [-0.1, -0.05) is 22.4 Å². The molecule has 2 fully saturated rings. The molecule has 4 atom stereocenters. The van der Waals surface area contributed by atoms with Crippen molar-refractivity contribution >= 4 is 27.3 Å². The molecule has 0 radical (unpaired) electrons. The lowest BCUT2D eigenvalue weighted by Crippen LogP contribution is -2.30. The van der Waals surface area contributed by atoms with Crippen LogP contribution in [0.2, 0.25) is 0 Å². The Morgan fingerprint density at radius 1 is 1.33 bits per heavy atom. The Morgan fingerprint density at radius 2 is 2.17 bits per heavy atom. The van der Waals surface area contributed by atoms with Gasteiger partial charge in [-0.2, -0.15) is 0 Å². The summed E-state index contributed by atoms with van der Waals surface area (Å²) in [7, 11) is 0. The fourth-order valence-electron chi connectivity index (χ4n) is 3.92. The first kappa shape index (κ1) is 12.3.